The van der Waals surface area contributed by atoms with Crippen LogP contribution in [0.4, 0.5) is 23.2 Å². The summed E-state index contributed by atoms with van der Waals surface area (Å²) in [7, 11) is -7.13. The minimum Gasteiger partial charge on any atom is -0.494 e. The van der Waals surface area contributed by atoms with E-state index in [1.165, 1.54) is 45.9 Å². The highest BCUT2D eigenvalue weighted by Gasteiger charge is 2.50. The zero-order valence-electron chi connectivity index (χ0n) is 26.4. The van der Waals surface area contributed by atoms with Crippen LogP contribution in [0.2, 0.25) is 0 Å². The van der Waals surface area contributed by atoms with Gasteiger partial charge in [0.25, 0.3) is 10.0 Å². The van der Waals surface area contributed by atoms with Crippen molar-refractivity contribution in [3.8, 4) is 11.5 Å². The van der Waals surface area contributed by atoms with E-state index in [-0.39, 0.29) is 40.6 Å². The van der Waals surface area contributed by atoms with Gasteiger partial charge in [0.1, 0.15) is 17.6 Å². The molecule has 1 aliphatic rings. The Kier molecular flexibility index (Phi) is 10.5. The average molecular weight is 696 g/mol. The number of ether oxygens (including phenoxy) is 3. The summed E-state index contributed by atoms with van der Waals surface area (Å²) in [5.41, 5.74) is -2.74. The maximum atomic E-state index is 14.1. The molecule has 1 aliphatic heterocycles. The van der Waals surface area contributed by atoms with Crippen LogP contribution in [0.5, 0.6) is 11.5 Å². The molecule has 10 nitrogen and oxygen atoms in total. The molecule has 0 N–H and O–H groups in total. The number of hydrogen-bond donors (Lipinski definition) is 0. The number of nitrogens with zero attached hydrogens (tertiary/aromatic N) is 1. The number of sulfonamides is 1. The number of hydrogen-bond acceptors (Lipinski definition) is 9. The van der Waals surface area contributed by atoms with Crippen LogP contribution in [0.15, 0.2) is 41.3 Å². The molecule has 0 saturated heterocycles. The predicted octanol–water partition coefficient (Wildman–Crippen LogP) is 5.03. The lowest BCUT2D eigenvalue weighted by atomic mass is 9.98. The topological polar surface area (TPSA) is 133 Å². The molecule has 0 spiro atoms. The van der Waals surface area contributed by atoms with Gasteiger partial charge in [-0.25, -0.2) is 21.2 Å². The van der Waals surface area contributed by atoms with Crippen LogP contribution >= 0.6 is 0 Å². The Hall–Kier alpha value is -3.40. The number of alkyl halides is 3. The Balaban J connectivity index is 1.99. The molecule has 0 radical (unpaired) electrons. The van der Waals surface area contributed by atoms with Gasteiger partial charge in [0.15, 0.2) is 27.2 Å². The third-order valence-corrected chi connectivity index (χ3v) is 11.8. The van der Waals surface area contributed by atoms with Gasteiger partial charge in [-0.15, -0.1) is 0 Å². The molecule has 2 atom stereocenters. The summed E-state index contributed by atoms with van der Waals surface area (Å²) in [4.78, 5) is 25.0. The molecule has 3 rings (SSSR count). The predicted molar refractivity (Wildman–Crippen MR) is 161 cm³/mol. The molecule has 0 aromatic heterocycles. The second-order valence-electron chi connectivity index (χ2n) is 12.5. The third-order valence-electron chi connectivity index (χ3n) is 7.50. The van der Waals surface area contributed by atoms with Gasteiger partial charge >= 0.3 is 12.1 Å². The van der Waals surface area contributed by atoms with Gasteiger partial charge in [-0.1, -0.05) is 13.0 Å². The molecule has 1 heterocycles. The molecule has 46 heavy (non-hydrogen) atoms. The highest BCUT2D eigenvalue weighted by molar-refractivity contribution is 7.93. The van der Waals surface area contributed by atoms with Gasteiger partial charge in [0.2, 0.25) is 5.60 Å². The van der Waals surface area contributed by atoms with Gasteiger partial charge in [-0.2, -0.15) is 13.2 Å². The maximum absolute atomic E-state index is 14.1. The summed E-state index contributed by atoms with van der Waals surface area (Å²) < 4.78 is 122. The van der Waals surface area contributed by atoms with E-state index >= 15 is 0 Å². The quantitative estimate of drug-likeness (QED) is 0.235. The first-order valence-corrected chi connectivity index (χ1v) is 17.2. The van der Waals surface area contributed by atoms with Crippen LogP contribution in [0.3, 0.4) is 0 Å². The van der Waals surface area contributed by atoms with Crippen molar-refractivity contribution in [1.29, 1.82) is 0 Å². The van der Waals surface area contributed by atoms with Gasteiger partial charge in [0, 0.05) is 12.0 Å². The first kappa shape index (κ1) is 37.1. The number of Topliss-reactive ketones (excluding diaryl/α,β-unsaturated/α-hetero) is 1. The Morgan fingerprint density at radius 2 is 1.65 bits per heavy atom. The largest absolute Gasteiger partial charge is 0.494 e. The summed E-state index contributed by atoms with van der Waals surface area (Å²) in [6.45, 7) is 6.93. The smallest absolute Gasteiger partial charge is 0.427 e. The molecule has 0 bridgehead atoms. The molecular weight excluding hydrogens is 658 g/mol. The van der Waals surface area contributed by atoms with Crippen molar-refractivity contribution in [3.05, 3.63) is 47.8 Å². The number of anilines is 1. The number of ketones is 1. The molecule has 2 aromatic rings. The van der Waals surface area contributed by atoms with Crippen molar-refractivity contribution in [1.82, 2.24) is 0 Å². The van der Waals surface area contributed by atoms with E-state index in [0.717, 1.165) is 29.6 Å². The van der Waals surface area contributed by atoms with Crippen LogP contribution in [0.1, 0.15) is 53.5 Å². The summed E-state index contributed by atoms with van der Waals surface area (Å²) in [6.07, 6.45) is -6.50. The number of carbonyl (C=O) groups is 2. The number of benzene rings is 2. The van der Waals surface area contributed by atoms with Crippen LogP contribution in [-0.4, -0.2) is 70.6 Å². The SMILES string of the molecule is COc1cc(S(=O)(=O)N2C[C@H](C[C@@H](C)C(=O)CS(=O)(=O)C(C)(C)C)Oc3ccc(CC(=O)OC(C)(C)C(F)(F)F)cc32)ccc1F. The standard InChI is InChI=1S/C30H37F4NO9S2/c1-18(24(36)17-45(38,39)28(2,3)4)12-20-16-35(46(40,41)21-9-10-22(31)26(15-21)42-7)23-13-19(8-11-25(23)43-20)14-27(37)44-29(5,6)30(32,33)34/h8-11,13,15,18,20H,12,14,16-17H2,1-7H3/t18-,20+/m1/s1. The van der Waals surface area contributed by atoms with Gasteiger partial charge in [0.05, 0.1) is 35.4 Å². The normalized spacial score (nSPS) is 16.7. The molecule has 0 amide bonds. The molecule has 256 valence electrons. The highest BCUT2D eigenvalue weighted by atomic mass is 32.2. The number of fused-ring (bicyclic) bond motifs is 1. The Bertz CT molecular complexity index is 1700. The molecular formula is C30H37F4NO9S2. The zero-order valence-corrected chi connectivity index (χ0v) is 28.0. The summed E-state index contributed by atoms with van der Waals surface area (Å²) in [6, 6.07) is 6.80. The van der Waals surface area contributed by atoms with Gasteiger partial charge < -0.3 is 14.2 Å². The van der Waals surface area contributed by atoms with Crippen LogP contribution in [-0.2, 0) is 40.6 Å². The maximum Gasteiger partial charge on any atom is 0.427 e. The highest BCUT2D eigenvalue weighted by Crippen LogP contribution is 2.40. The molecule has 0 aliphatic carbocycles. The van der Waals surface area contributed by atoms with E-state index < -0.39 is 78.2 Å². The lowest BCUT2D eigenvalue weighted by molar-refractivity contribution is -0.257. The van der Waals surface area contributed by atoms with E-state index in [4.69, 9.17) is 9.47 Å². The average Bonchev–Trinajstić information content (AvgIpc) is 2.91. The molecule has 0 saturated carbocycles. The second-order valence-corrected chi connectivity index (χ2v) is 17.1. The number of esters is 1. The van der Waals surface area contributed by atoms with Crippen molar-refractivity contribution >= 4 is 37.3 Å². The lowest BCUT2D eigenvalue weighted by Gasteiger charge is -2.36. The fourth-order valence-corrected chi connectivity index (χ4v) is 6.97. The summed E-state index contributed by atoms with van der Waals surface area (Å²) in [5, 5.41) is 0. The Labute approximate surface area is 266 Å². The number of methoxy groups -OCH3 is 1. The summed E-state index contributed by atoms with van der Waals surface area (Å²) >= 11 is 0. The van der Waals surface area contributed by atoms with E-state index in [2.05, 4.69) is 4.74 Å². The number of rotatable bonds is 11. The fourth-order valence-electron chi connectivity index (χ4n) is 4.36. The summed E-state index contributed by atoms with van der Waals surface area (Å²) in [5.74, 6) is -4.54. The Morgan fingerprint density at radius 3 is 2.22 bits per heavy atom. The zero-order chi connectivity index (χ0) is 35.0. The molecule has 0 fully saturated rings. The van der Waals surface area contributed by atoms with E-state index in [0.29, 0.717) is 13.8 Å². The van der Waals surface area contributed by atoms with Crippen LogP contribution in [0, 0.1) is 11.7 Å². The number of carbonyl (C=O) groups excluding carboxylic acids is 2. The van der Waals surface area contributed by atoms with Crippen molar-refractivity contribution < 1.29 is 58.2 Å². The molecule has 2 aromatic carbocycles. The Morgan fingerprint density at radius 1 is 1.02 bits per heavy atom. The minimum absolute atomic E-state index is 0.00334. The monoisotopic (exact) mass is 695 g/mol. The van der Waals surface area contributed by atoms with Crippen LogP contribution < -0.4 is 13.8 Å². The lowest BCUT2D eigenvalue weighted by Crippen LogP contribution is -2.45. The van der Waals surface area contributed by atoms with E-state index in [9.17, 15) is 44.0 Å². The van der Waals surface area contributed by atoms with E-state index in [1.54, 1.807) is 0 Å². The van der Waals surface area contributed by atoms with Crippen molar-refractivity contribution in [2.24, 2.45) is 5.92 Å². The van der Waals surface area contributed by atoms with Crippen molar-refractivity contribution in [2.75, 3.05) is 23.7 Å². The van der Waals surface area contributed by atoms with E-state index in [1.807, 2.05) is 0 Å². The number of halogens is 4. The molecule has 16 heteroatoms. The molecule has 0 unspecified atom stereocenters. The third kappa shape index (κ3) is 8.11. The van der Waals surface area contributed by atoms with Crippen molar-refractivity contribution in [3.63, 3.8) is 0 Å². The number of sulfone groups is 1. The minimum atomic E-state index is -4.84. The van der Waals surface area contributed by atoms with Crippen molar-refractivity contribution in [2.45, 2.75) is 81.9 Å². The first-order chi connectivity index (χ1) is 20.9. The second kappa shape index (κ2) is 13.0. The van der Waals surface area contributed by atoms with Gasteiger partial charge in [-0.05, 0) is 70.9 Å². The van der Waals surface area contributed by atoms with Crippen LogP contribution in [0.25, 0.3) is 0 Å². The first-order valence-electron chi connectivity index (χ1n) is 14.1. The van der Waals surface area contributed by atoms with Gasteiger partial charge in [-0.3, -0.25) is 13.9 Å². The fraction of sp³-hybridized carbons (Fsp3) is 0.533.